The first kappa shape index (κ1) is 14.6. The molecule has 2 heterocycles. The zero-order chi connectivity index (χ0) is 14.4. The van der Waals surface area contributed by atoms with Gasteiger partial charge in [0.05, 0.1) is 12.2 Å². The molecule has 6 heteroatoms. The fraction of sp³-hybridized carbons (Fsp3) is 0.500. The van der Waals surface area contributed by atoms with Gasteiger partial charge in [-0.15, -0.1) is 0 Å². The Hall–Kier alpha value is -1.82. The van der Waals surface area contributed by atoms with Crippen LogP contribution in [0.2, 0.25) is 0 Å². The summed E-state index contributed by atoms with van der Waals surface area (Å²) in [6.45, 7) is 1.68. The van der Waals surface area contributed by atoms with E-state index in [0.29, 0.717) is 12.0 Å². The second kappa shape index (κ2) is 7.09. The standard InChI is InChI=1S/C14H19FN4O/c15-12-7-11(8-18-9-12)13(1-4-16)19-14(20)10-2-5-17-6-3-10/h4,7-10,13,16-17H,1-3,5-6H2,(H,19,20)/t13-/m0/s1. The third-order valence-electron chi connectivity index (χ3n) is 3.51. The van der Waals surface area contributed by atoms with E-state index in [2.05, 4.69) is 15.6 Å². The number of carbonyl (C=O) groups excluding carboxylic acids is 1. The van der Waals surface area contributed by atoms with Gasteiger partial charge in [0.15, 0.2) is 0 Å². The molecule has 0 bridgehead atoms. The maximum absolute atomic E-state index is 13.2. The van der Waals surface area contributed by atoms with Gasteiger partial charge in [0.1, 0.15) is 5.82 Å². The van der Waals surface area contributed by atoms with Gasteiger partial charge < -0.3 is 16.0 Å². The second-order valence-electron chi connectivity index (χ2n) is 4.96. The minimum absolute atomic E-state index is 0.00833. The van der Waals surface area contributed by atoms with E-state index in [1.807, 2.05) is 0 Å². The van der Waals surface area contributed by atoms with Crippen molar-refractivity contribution in [1.29, 1.82) is 5.41 Å². The highest BCUT2D eigenvalue weighted by molar-refractivity contribution is 5.79. The Bertz CT molecular complexity index is 474. The largest absolute Gasteiger partial charge is 0.349 e. The van der Waals surface area contributed by atoms with Crippen molar-refractivity contribution in [3.05, 3.63) is 29.8 Å². The number of aromatic nitrogens is 1. The number of hydrogen-bond donors (Lipinski definition) is 3. The average Bonchev–Trinajstić information content (AvgIpc) is 2.47. The number of hydrogen-bond acceptors (Lipinski definition) is 4. The number of carbonyl (C=O) groups is 1. The first-order chi connectivity index (χ1) is 9.70. The highest BCUT2D eigenvalue weighted by Gasteiger charge is 2.23. The molecule has 3 N–H and O–H groups in total. The van der Waals surface area contributed by atoms with Crippen LogP contribution in [-0.2, 0) is 4.79 Å². The molecule has 0 aromatic carbocycles. The van der Waals surface area contributed by atoms with Gasteiger partial charge in [0.25, 0.3) is 0 Å². The molecule has 1 aromatic heterocycles. The molecule has 108 valence electrons. The zero-order valence-electron chi connectivity index (χ0n) is 11.2. The van der Waals surface area contributed by atoms with Gasteiger partial charge in [0.2, 0.25) is 5.91 Å². The predicted octanol–water partition coefficient (Wildman–Crippen LogP) is 1.42. The van der Waals surface area contributed by atoms with Gasteiger partial charge >= 0.3 is 0 Å². The Morgan fingerprint density at radius 2 is 2.30 bits per heavy atom. The lowest BCUT2D eigenvalue weighted by atomic mass is 9.96. The fourth-order valence-electron chi connectivity index (χ4n) is 2.39. The van der Waals surface area contributed by atoms with E-state index in [4.69, 9.17) is 5.41 Å². The molecule has 1 atom stereocenters. The Balaban J connectivity index is 2.04. The number of halogens is 1. The van der Waals surface area contributed by atoms with Crippen LogP contribution in [0, 0.1) is 17.1 Å². The van der Waals surface area contributed by atoms with Crippen molar-refractivity contribution >= 4 is 12.1 Å². The maximum Gasteiger partial charge on any atom is 0.223 e. The molecule has 1 saturated heterocycles. The van der Waals surface area contributed by atoms with E-state index in [9.17, 15) is 9.18 Å². The second-order valence-corrected chi connectivity index (χ2v) is 4.96. The molecule has 0 unspecified atom stereocenters. The number of nitrogens with one attached hydrogen (secondary N) is 3. The third-order valence-corrected chi connectivity index (χ3v) is 3.51. The summed E-state index contributed by atoms with van der Waals surface area (Å²) in [7, 11) is 0. The van der Waals surface area contributed by atoms with Crippen molar-refractivity contribution in [2.24, 2.45) is 5.92 Å². The highest BCUT2D eigenvalue weighted by Crippen LogP contribution is 2.19. The zero-order valence-corrected chi connectivity index (χ0v) is 11.2. The Morgan fingerprint density at radius 1 is 1.55 bits per heavy atom. The van der Waals surface area contributed by atoms with E-state index in [-0.39, 0.29) is 11.8 Å². The molecule has 0 saturated carbocycles. The van der Waals surface area contributed by atoms with E-state index >= 15 is 0 Å². The van der Waals surface area contributed by atoms with Gasteiger partial charge in [-0.2, -0.15) is 0 Å². The van der Waals surface area contributed by atoms with E-state index in [0.717, 1.165) is 32.1 Å². The van der Waals surface area contributed by atoms with Crippen LogP contribution in [0.3, 0.4) is 0 Å². The molecule has 0 radical (unpaired) electrons. The molecular weight excluding hydrogens is 259 g/mol. The highest BCUT2D eigenvalue weighted by atomic mass is 19.1. The topological polar surface area (TPSA) is 77.9 Å². The average molecular weight is 278 g/mol. The van der Waals surface area contributed by atoms with Crippen LogP contribution in [0.1, 0.15) is 30.9 Å². The van der Waals surface area contributed by atoms with E-state index in [1.165, 1.54) is 18.5 Å². The fourth-order valence-corrected chi connectivity index (χ4v) is 2.39. The van der Waals surface area contributed by atoms with Gasteiger partial charge in [-0.25, -0.2) is 4.39 Å². The molecule has 20 heavy (non-hydrogen) atoms. The van der Waals surface area contributed by atoms with Gasteiger partial charge in [-0.05, 0) is 43.8 Å². The summed E-state index contributed by atoms with van der Waals surface area (Å²) in [6.07, 6.45) is 5.83. The summed E-state index contributed by atoms with van der Waals surface area (Å²) < 4.78 is 13.2. The molecule has 1 aliphatic rings. The predicted molar refractivity (Wildman–Crippen MR) is 74.1 cm³/mol. The van der Waals surface area contributed by atoms with E-state index in [1.54, 1.807) is 0 Å². The Labute approximate surface area is 117 Å². The van der Waals surface area contributed by atoms with Crippen LogP contribution in [0.5, 0.6) is 0 Å². The van der Waals surface area contributed by atoms with Crippen molar-refractivity contribution in [3.63, 3.8) is 0 Å². The first-order valence-corrected chi connectivity index (χ1v) is 6.81. The monoisotopic (exact) mass is 278 g/mol. The Morgan fingerprint density at radius 3 is 2.95 bits per heavy atom. The van der Waals surface area contributed by atoms with Crippen LogP contribution in [-0.4, -0.2) is 30.2 Å². The molecule has 2 rings (SSSR count). The quantitative estimate of drug-likeness (QED) is 0.713. The number of piperidine rings is 1. The lowest BCUT2D eigenvalue weighted by Gasteiger charge is -2.25. The summed E-state index contributed by atoms with van der Waals surface area (Å²) >= 11 is 0. The summed E-state index contributed by atoms with van der Waals surface area (Å²) in [4.78, 5) is 16.0. The van der Waals surface area contributed by atoms with Crippen LogP contribution < -0.4 is 10.6 Å². The summed E-state index contributed by atoms with van der Waals surface area (Å²) in [6, 6.07) is 0.960. The molecule has 1 aromatic rings. The number of nitrogens with zero attached hydrogens (tertiary/aromatic N) is 1. The third kappa shape index (κ3) is 3.84. The minimum Gasteiger partial charge on any atom is -0.349 e. The number of pyridine rings is 1. The SMILES string of the molecule is N=CC[C@H](NC(=O)C1CCNCC1)c1cncc(F)c1. The van der Waals surface area contributed by atoms with Crippen molar-refractivity contribution in [2.75, 3.05) is 13.1 Å². The van der Waals surface area contributed by atoms with Crippen LogP contribution >= 0.6 is 0 Å². The van der Waals surface area contributed by atoms with Gasteiger partial charge in [-0.1, -0.05) is 0 Å². The minimum atomic E-state index is -0.436. The van der Waals surface area contributed by atoms with Crippen molar-refractivity contribution in [1.82, 2.24) is 15.6 Å². The first-order valence-electron chi connectivity index (χ1n) is 6.81. The lowest BCUT2D eigenvalue weighted by molar-refractivity contribution is -0.126. The molecule has 1 amide bonds. The normalized spacial score (nSPS) is 17.4. The molecule has 1 aliphatic heterocycles. The summed E-state index contributed by atoms with van der Waals surface area (Å²) in [5, 5.41) is 13.3. The maximum atomic E-state index is 13.2. The molecule has 0 aliphatic carbocycles. The molecule has 1 fully saturated rings. The van der Waals surface area contributed by atoms with E-state index < -0.39 is 11.9 Å². The van der Waals surface area contributed by atoms with Gasteiger partial charge in [0, 0.05) is 18.5 Å². The van der Waals surface area contributed by atoms with Crippen LogP contribution in [0.15, 0.2) is 18.5 Å². The number of amides is 1. The summed E-state index contributed by atoms with van der Waals surface area (Å²) in [5.74, 6) is -0.470. The van der Waals surface area contributed by atoms with Gasteiger partial charge in [-0.3, -0.25) is 9.78 Å². The smallest absolute Gasteiger partial charge is 0.223 e. The molecular formula is C14H19FN4O. The number of rotatable bonds is 5. The van der Waals surface area contributed by atoms with Crippen molar-refractivity contribution in [3.8, 4) is 0 Å². The van der Waals surface area contributed by atoms with Crippen molar-refractivity contribution in [2.45, 2.75) is 25.3 Å². The lowest BCUT2D eigenvalue weighted by Crippen LogP contribution is -2.39. The van der Waals surface area contributed by atoms with Crippen molar-refractivity contribution < 1.29 is 9.18 Å². The van der Waals surface area contributed by atoms with Crippen LogP contribution in [0.25, 0.3) is 0 Å². The molecule has 5 nitrogen and oxygen atoms in total. The molecule has 0 spiro atoms. The van der Waals surface area contributed by atoms with Crippen LogP contribution in [0.4, 0.5) is 4.39 Å². The Kier molecular flexibility index (Phi) is 5.17. The summed E-state index contributed by atoms with van der Waals surface area (Å²) in [5.41, 5.74) is 0.593.